The van der Waals surface area contributed by atoms with Gasteiger partial charge in [-0.3, -0.25) is 14.5 Å². The molecule has 8 heteroatoms. The predicted octanol–water partition coefficient (Wildman–Crippen LogP) is 3.49. The van der Waals surface area contributed by atoms with E-state index in [1.165, 1.54) is 23.1 Å². The van der Waals surface area contributed by atoms with E-state index < -0.39 is 17.6 Å². The fraction of sp³-hybridized carbons (Fsp3) is 0.333. The molecule has 1 fully saturated rings. The predicted molar refractivity (Wildman–Crippen MR) is 103 cm³/mol. The van der Waals surface area contributed by atoms with Gasteiger partial charge >= 0.3 is 6.18 Å². The van der Waals surface area contributed by atoms with Crippen molar-refractivity contribution >= 4 is 17.5 Å². The smallest absolute Gasteiger partial charge is 0.336 e. The maximum absolute atomic E-state index is 13.2. The highest BCUT2D eigenvalue weighted by molar-refractivity contribution is 5.96. The summed E-state index contributed by atoms with van der Waals surface area (Å²) in [7, 11) is 0. The Kier molecular flexibility index (Phi) is 6.53. The van der Waals surface area contributed by atoms with Crippen molar-refractivity contribution in [1.82, 2.24) is 9.80 Å². The molecule has 0 bridgehead atoms. The third kappa shape index (κ3) is 5.57. The molecule has 0 spiro atoms. The molecule has 0 radical (unpaired) electrons. The van der Waals surface area contributed by atoms with Crippen LogP contribution in [0.15, 0.2) is 54.6 Å². The van der Waals surface area contributed by atoms with E-state index in [2.05, 4.69) is 5.32 Å². The van der Waals surface area contributed by atoms with Crippen LogP contribution in [-0.2, 0) is 11.0 Å². The van der Waals surface area contributed by atoms with Crippen LogP contribution in [0.2, 0.25) is 0 Å². The number of nitrogens with one attached hydrogen (secondary N) is 1. The summed E-state index contributed by atoms with van der Waals surface area (Å²) in [5.41, 5.74) is -0.503. The summed E-state index contributed by atoms with van der Waals surface area (Å²) < 4.78 is 39.5. The van der Waals surface area contributed by atoms with Gasteiger partial charge in [-0.05, 0) is 24.3 Å². The molecular weight excluding hydrogens is 383 g/mol. The summed E-state index contributed by atoms with van der Waals surface area (Å²) in [6.07, 6.45) is -4.26. The summed E-state index contributed by atoms with van der Waals surface area (Å²) in [4.78, 5) is 28.1. The minimum absolute atomic E-state index is 0.103. The molecule has 2 amide bonds. The third-order valence-corrected chi connectivity index (χ3v) is 4.84. The van der Waals surface area contributed by atoms with Crippen molar-refractivity contribution in [2.24, 2.45) is 0 Å². The molecule has 0 saturated carbocycles. The Labute approximate surface area is 167 Å². The minimum Gasteiger partial charge on any atom is -0.336 e. The number of hydrogen-bond donors (Lipinski definition) is 1. The Balaban J connectivity index is 1.49. The van der Waals surface area contributed by atoms with E-state index in [9.17, 15) is 22.8 Å². The van der Waals surface area contributed by atoms with Gasteiger partial charge in [0.1, 0.15) is 0 Å². The zero-order valence-corrected chi connectivity index (χ0v) is 15.8. The summed E-state index contributed by atoms with van der Waals surface area (Å²) in [6, 6.07) is 14.0. The first kappa shape index (κ1) is 20.9. The maximum Gasteiger partial charge on any atom is 0.417 e. The Bertz CT molecular complexity index is 848. The molecule has 29 heavy (non-hydrogen) atoms. The van der Waals surface area contributed by atoms with Crippen LogP contribution in [-0.4, -0.2) is 54.3 Å². The number of alkyl halides is 3. The molecule has 2 aromatic carbocycles. The summed E-state index contributed by atoms with van der Waals surface area (Å²) in [5.74, 6) is -0.715. The van der Waals surface area contributed by atoms with Crippen molar-refractivity contribution in [1.29, 1.82) is 0 Å². The number of anilines is 1. The van der Waals surface area contributed by atoms with E-state index >= 15 is 0 Å². The molecule has 1 heterocycles. The fourth-order valence-corrected chi connectivity index (χ4v) is 3.27. The summed E-state index contributed by atoms with van der Waals surface area (Å²) in [5, 5.41) is 2.81. The van der Waals surface area contributed by atoms with Crippen LogP contribution in [0.25, 0.3) is 0 Å². The largest absolute Gasteiger partial charge is 0.417 e. The molecule has 0 unspecified atom stereocenters. The molecule has 5 nitrogen and oxygen atoms in total. The van der Waals surface area contributed by atoms with E-state index in [0.29, 0.717) is 39.1 Å². The zero-order chi connectivity index (χ0) is 20.9. The summed E-state index contributed by atoms with van der Waals surface area (Å²) >= 11 is 0. The molecule has 3 rings (SSSR count). The number of amides is 2. The van der Waals surface area contributed by atoms with Crippen molar-refractivity contribution in [2.45, 2.75) is 12.6 Å². The van der Waals surface area contributed by atoms with Gasteiger partial charge in [0.05, 0.1) is 11.1 Å². The van der Waals surface area contributed by atoms with Gasteiger partial charge in [0.25, 0.3) is 5.91 Å². The van der Waals surface area contributed by atoms with E-state index in [-0.39, 0.29) is 11.5 Å². The Morgan fingerprint density at radius 3 is 2.17 bits per heavy atom. The lowest BCUT2D eigenvalue weighted by molar-refractivity contribution is -0.138. The lowest BCUT2D eigenvalue weighted by Crippen LogP contribution is -2.49. The van der Waals surface area contributed by atoms with Gasteiger partial charge in [0, 0.05) is 44.8 Å². The average Bonchev–Trinajstić information content (AvgIpc) is 2.72. The number of hydrogen-bond acceptors (Lipinski definition) is 3. The normalized spacial score (nSPS) is 15.2. The van der Waals surface area contributed by atoms with Crippen LogP contribution in [0.4, 0.5) is 18.9 Å². The maximum atomic E-state index is 13.2. The summed E-state index contributed by atoms with van der Waals surface area (Å²) in [6.45, 7) is 2.20. The number of para-hydroxylation sites is 1. The molecule has 0 aliphatic carbocycles. The van der Waals surface area contributed by atoms with Crippen molar-refractivity contribution in [3.05, 3.63) is 65.7 Å². The zero-order valence-electron chi connectivity index (χ0n) is 15.8. The molecule has 2 aromatic rings. The SMILES string of the molecule is O=C(CCN1CCN(C(=O)c2ccccc2C(F)(F)F)CC1)Nc1ccccc1. The highest BCUT2D eigenvalue weighted by Gasteiger charge is 2.36. The van der Waals surface area contributed by atoms with Crippen LogP contribution in [0, 0.1) is 0 Å². The number of nitrogens with zero attached hydrogens (tertiary/aromatic N) is 2. The number of benzene rings is 2. The highest BCUT2D eigenvalue weighted by Crippen LogP contribution is 2.32. The number of carbonyl (C=O) groups is 2. The lowest BCUT2D eigenvalue weighted by atomic mass is 10.1. The van der Waals surface area contributed by atoms with Gasteiger partial charge in [-0.15, -0.1) is 0 Å². The lowest BCUT2D eigenvalue weighted by Gasteiger charge is -2.35. The van der Waals surface area contributed by atoms with Crippen molar-refractivity contribution < 1.29 is 22.8 Å². The molecule has 1 saturated heterocycles. The van der Waals surface area contributed by atoms with E-state index in [1.54, 1.807) is 12.1 Å². The second-order valence-corrected chi connectivity index (χ2v) is 6.84. The molecule has 154 valence electrons. The molecule has 0 atom stereocenters. The Hall–Kier alpha value is -2.87. The minimum atomic E-state index is -4.57. The first-order valence-corrected chi connectivity index (χ1v) is 9.37. The molecule has 1 aliphatic rings. The van der Waals surface area contributed by atoms with Crippen LogP contribution in [0.3, 0.4) is 0 Å². The van der Waals surface area contributed by atoms with Gasteiger partial charge in [0.15, 0.2) is 0 Å². The monoisotopic (exact) mass is 405 g/mol. The average molecular weight is 405 g/mol. The molecule has 1 aliphatic heterocycles. The number of halogens is 3. The Morgan fingerprint density at radius 2 is 1.52 bits per heavy atom. The first-order valence-electron chi connectivity index (χ1n) is 9.37. The van der Waals surface area contributed by atoms with Crippen molar-refractivity contribution in [3.63, 3.8) is 0 Å². The van der Waals surface area contributed by atoms with Gasteiger partial charge in [-0.25, -0.2) is 0 Å². The number of rotatable bonds is 5. The number of piperazine rings is 1. The quantitative estimate of drug-likeness (QED) is 0.829. The Morgan fingerprint density at radius 1 is 0.897 bits per heavy atom. The van der Waals surface area contributed by atoms with Gasteiger partial charge in [-0.2, -0.15) is 13.2 Å². The van der Waals surface area contributed by atoms with Crippen LogP contribution in [0.5, 0.6) is 0 Å². The number of carbonyl (C=O) groups excluding carboxylic acids is 2. The second-order valence-electron chi connectivity index (χ2n) is 6.84. The molecule has 1 N–H and O–H groups in total. The van der Waals surface area contributed by atoms with Crippen LogP contribution < -0.4 is 5.32 Å². The van der Waals surface area contributed by atoms with Gasteiger partial charge < -0.3 is 10.2 Å². The second kappa shape index (κ2) is 9.09. The van der Waals surface area contributed by atoms with Crippen molar-refractivity contribution in [2.75, 3.05) is 38.0 Å². The standard InChI is InChI=1S/C21H22F3N3O2/c22-21(23,24)18-9-5-4-8-17(18)20(29)27-14-12-26(13-15-27)11-10-19(28)25-16-6-2-1-3-7-16/h1-9H,10-15H2,(H,25,28). The molecule has 0 aromatic heterocycles. The van der Waals surface area contributed by atoms with E-state index in [4.69, 9.17) is 0 Å². The van der Waals surface area contributed by atoms with Gasteiger partial charge in [-0.1, -0.05) is 30.3 Å². The molecular formula is C21H22F3N3O2. The van der Waals surface area contributed by atoms with Crippen LogP contribution in [0.1, 0.15) is 22.3 Å². The highest BCUT2D eigenvalue weighted by atomic mass is 19.4. The van der Waals surface area contributed by atoms with E-state index in [1.807, 2.05) is 23.1 Å². The first-order chi connectivity index (χ1) is 13.8. The van der Waals surface area contributed by atoms with Gasteiger partial charge in [0.2, 0.25) is 5.91 Å². The van der Waals surface area contributed by atoms with E-state index in [0.717, 1.165) is 11.8 Å². The van der Waals surface area contributed by atoms with Crippen LogP contribution >= 0.6 is 0 Å². The third-order valence-electron chi connectivity index (χ3n) is 4.84. The fourth-order valence-electron chi connectivity index (χ4n) is 3.27. The topological polar surface area (TPSA) is 52.7 Å². The van der Waals surface area contributed by atoms with Crippen molar-refractivity contribution in [3.8, 4) is 0 Å².